The smallest absolute Gasteiger partial charge is 0.410 e. The molecule has 4 N–H and O–H groups in total. The van der Waals surface area contributed by atoms with E-state index < -0.39 is 23.8 Å². The van der Waals surface area contributed by atoms with E-state index in [4.69, 9.17) is 15.2 Å². The number of hydrogen-bond donors (Lipinski definition) is 3. The summed E-state index contributed by atoms with van der Waals surface area (Å²) in [7, 11) is 0. The first-order valence-electron chi connectivity index (χ1n) is 17.2. The monoisotopic (exact) mass is 671 g/mol. The van der Waals surface area contributed by atoms with Crippen LogP contribution in [0.2, 0.25) is 0 Å². The number of nitrogens with one attached hydrogen (secondary N) is 2. The second-order valence-corrected chi connectivity index (χ2v) is 13.9. The van der Waals surface area contributed by atoms with Gasteiger partial charge in [-0.1, -0.05) is 66.7 Å². The Morgan fingerprint density at radius 1 is 0.898 bits per heavy atom. The van der Waals surface area contributed by atoms with Gasteiger partial charge in [-0.3, -0.25) is 14.4 Å². The molecule has 11 nitrogen and oxygen atoms in total. The van der Waals surface area contributed by atoms with E-state index in [-0.39, 0.29) is 55.8 Å². The second-order valence-electron chi connectivity index (χ2n) is 13.9. The molecule has 4 amide bonds. The van der Waals surface area contributed by atoms with Crippen LogP contribution in [-0.2, 0) is 36.9 Å². The number of hydrogen-bond acceptors (Lipinski definition) is 7. The number of carbonyl (C=O) groups excluding carboxylic acids is 4. The van der Waals surface area contributed by atoms with Gasteiger partial charge in [0.25, 0.3) is 0 Å². The number of piperidine rings is 1. The highest BCUT2D eigenvalue weighted by atomic mass is 16.6. The first-order chi connectivity index (χ1) is 23.5. The lowest BCUT2D eigenvalue weighted by Crippen LogP contribution is -2.55. The van der Waals surface area contributed by atoms with Crippen molar-refractivity contribution in [3.8, 4) is 0 Å². The van der Waals surface area contributed by atoms with E-state index in [1.54, 1.807) is 9.80 Å². The number of likely N-dealkylation sites (tertiary alicyclic amines) is 2. The van der Waals surface area contributed by atoms with Crippen molar-refractivity contribution in [1.29, 1.82) is 0 Å². The molecule has 0 saturated carbocycles. The lowest BCUT2D eigenvalue weighted by Gasteiger charge is -2.34. The molecular formula is C38H49N5O6. The Bertz CT molecular complexity index is 1600. The lowest BCUT2D eigenvalue weighted by molar-refractivity contribution is -0.142. The first-order valence-corrected chi connectivity index (χ1v) is 17.2. The van der Waals surface area contributed by atoms with Gasteiger partial charge in [-0.25, -0.2) is 4.79 Å². The molecule has 11 heteroatoms. The SMILES string of the molecule is CC(C)(C)OC(=O)N1CCC(C(=O)N[C@H](Cc2ccccc2)C(=O)N2C[C@H](OCc3ccc4ccccc4c3)C[C@@H]2C(=O)NCCN)CC1. The van der Waals surface area contributed by atoms with Gasteiger partial charge in [0.15, 0.2) is 0 Å². The zero-order chi connectivity index (χ0) is 35.0. The molecule has 3 aromatic rings. The van der Waals surface area contributed by atoms with Gasteiger partial charge in [-0.15, -0.1) is 0 Å². The molecule has 2 saturated heterocycles. The summed E-state index contributed by atoms with van der Waals surface area (Å²) in [6.45, 7) is 7.33. The van der Waals surface area contributed by atoms with Gasteiger partial charge in [0.2, 0.25) is 17.7 Å². The molecule has 0 spiro atoms. The summed E-state index contributed by atoms with van der Waals surface area (Å²) in [4.78, 5) is 57.1. The summed E-state index contributed by atoms with van der Waals surface area (Å²) < 4.78 is 11.8. The van der Waals surface area contributed by atoms with Gasteiger partial charge in [0, 0.05) is 51.5 Å². The predicted molar refractivity (Wildman–Crippen MR) is 187 cm³/mol. The molecule has 3 aromatic carbocycles. The third kappa shape index (κ3) is 9.79. The Balaban J connectivity index is 1.29. The van der Waals surface area contributed by atoms with Gasteiger partial charge in [0.05, 0.1) is 12.7 Å². The third-order valence-corrected chi connectivity index (χ3v) is 9.01. The maximum atomic E-state index is 14.4. The molecule has 5 rings (SSSR count). The van der Waals surface area contributed by atoms with E-state index in [2.05, 4.69) is 34.9 Å². The zero-order valence-corrected chi connectivity index (χ0v) is 28.7. The average molecular weight is 672 g/mol. The molecule has 2 aliphatic heterocycles. The van der Waals surface area contributed by atoms with Crippen LogP contribution in [0, 0.1) is 5.92 Å². The van der Waals surface area contributed by atoms with Crippen LogP contribution >= 0.6 is 0 Å². The van der Waals surface area contributed by atoms with E-state index >= 15 is 0 Å². The van der Waals surface area contributed by atoms with E-state index in [1.807, 2.05) is 69.3 Å². The van der Waals surface area contributed by atoms with E-state index in [0.29, 0.717) is 39.0 Å². The number of benzene rings is 3. The van der Waals surface area contributed by atoms with Crippen LogP contribution in [0.25, 0.3) is 10.8 Å². The van der Waals surface area contributed by atoms with E-state index in [0.717, 1.165) is 21.9 Å². The van der Waals surface area contributed by atoms with Crippen molar-refractivity contribution in [2.24, 2.45) is 11.7 Å². The van der Waals surface area contributed by atoms with Crippen molar-refractivity contribution < 1.29 is 28.7 Å². The summed E-state index contributed by atoms with van der Waals surface area (Å²) in [5, 5.41) is 8.12. The fourth-order valence-electron chi connectivity index (χ4n) is 6.46. The molecule has 0 aromatic heterocycles. The molecule has 2 heterocycles. The quantitative estimate of drug-likeness (QED) is 0.282. The van der Waals surface area contributed by atoms with Crippen molar-refractivity contribution >= 4 is 34.6 Å². The van der Waals surface area contributed by atoms with Gasteiger partial charge in [-0.05, 0) is 61.6 Å². The molecule has 0 unspecified atom stereocenters. The van der Waals surface area contributed by atoms with Crippen LogP contribution in [0.4, 0.5) is 4.79 Å². The number of rotatable bonds is 11. The Morgan fingerprint density at radius 3 is 2.29 bits per heavy atom. The highest BCUT2D eigenvalue weighted by molar-refractivity contribution is 5.93. The highest BCUT2D eigenvalue weighted by Gasteiger charge is 2.43. The molecular weight excluding hydrogens is 622 g/mol. The zero-order valence-electron chi connectivity index (χ0n) is 28.7. The van der Waals surface area contributed by atoms with E-state index in [1.165, 1.54) is 0 Å². The molecule has 0 aliphatic carbocycles. The normalized spacial score (nSPS) is 19.0. The number of ether oxygens (including phenoxy) is 2. The lowest BCUT2D eigenvalue weighted by atomic mass is 9.95. The minimum absolute atomic E-state index is 0.211. The molecule has 49 heavy (non-hydrogen) atoms. The highest BCUT2D eigenvalue weighted by Crippen LogP contribution is 2.26. The van der Waals surface area contributed by atoms with Gasteiger partial charge in [0.1, 0.15) is 17.7 Å². The minimum atomic E-state index is -0.900. The maximum absolute atomic E-state index is 14.4. The summed E-state index contributed by atoms with van der Waals surface area (Å²) in [6.07, 6.45) is 0.720. The van der Waals surface area contributed by atoms with Gasteiger partial charge in [-0.2, -0.15) is 0 Å². The van der Waals surface area contributed by atoms with Crippen LogP contribution in [0.1, 0.15) is 51.2 Å². The van der Waals surface area contributed by atoms with Crippen molar-refractivity contribution in [1.82, 2.24) is 20.4 Å². The van der Waals surface area contributed by atoms with Crippen molar-refractivity contribution in [2.45, 2.75) is 76.9 Å². The van der Waals surface area contributed by atoms with Crippen molar-refractivity contribution in [2.75, 3.05) is 32.7 Å². The van der Waals surface area contributed by atoms with Crippen LogP contribution in [-0.4, -0.2) is 90.1 Å². The Kier molecular flexibility index (Phi) is 11.9. The van der Waals surface area contributed by atoms with Crippen molar-refractivity contribution in [3.63, 3.8) is 0 Å². The minimum Gasteiger partial charge on any atom is -0.444 e. The Morgan fingerprint density at radius 2 is 1.59 bits per heavy atom. The fraction of sp³-hybridized carbons (Fsp3) is 0.474. The van der Waals surface area contributed by atoms with E-state index in [9.17, 15) is 19.2 Å². The Labute approximate surface area is 288 Å². The summed E-state index contributed by atoms with van der Waals surface area (Å²) in [6, 6.07) is 22.1. The van der Waals surface area contributed by atoms with Gasteiger partial charge < -0.3 is 35.6 Å². The number of carbonyl (C=O) groups is 4. The van der Waals surface area contributed by atoms with Crippen LogP contribution in [0.3, 0.4) is 0 Å². The average Bonchev–Trinajstić information content (AvgIpc) is 3.53. The molecule has 3 atom stereocenters. The standard InChI is InChI=1S/C38H49N5O6/c1-38(2,3)49-37(47)42-19-15-29(16-20-42)34(44)41-32(22-26-9-5-4-6-10-26)36(46)43-24-31(23-33(43)35(45)40-18-17-39)48-25-27-13-14-28-11-7-8-12-30(28)21-27/h4-14,21,29,31-33H,15-20,22-25,39H2,1-3H3,(H,40,45)(H,41,44)/t31-,32-,33-/m1/s1. The predicted octanol–water partition coefficient (Wildman–Crippen LogP) is 3.78. The molecule has 0 radical (unpaired) electrons. The first kappa shape index (κ1) is 35.8. The number of amides is 4. The molecule has 0 bridgehead atoms. The summed E-state index contributed by atoms with van der Waals surface area (Å²) in [5.41, 5.74) is 6.94. The largest absolute Gasteiger partial charge is 0.444 e. The summed E-state index contributed by atoms with van der Waals surface area (Å²) in [5.74, 6) is -1.25. The fourth-order valence-corrected chi connectivity index (χ4v) is 6.46. The third-order valence-electron chi connectivity index (χ3n) is 9.01. The summed E-state index contributed by atoms with van der Waals surface area (Å²) >= 11 is 0. The molecule has 2 aliphatic rings. The Hall–Kier alpha value is -4.48. The molecule has 262 valence electrons. The van der Waals surface area contributed by atoms with Gasteiger partial charge >= 0.3 is 6.09 Å². The van der Waals surface area contributed by atoms with Crippen LogP contribution in [0.5, 0.6) is 0 Å². The van der Waals surface area contributed by atoms with Crippen LogP contribution < -0.4 is 16.4 Å². The molecule has 2 fully saturated rings. The van der Waals surface area contributed by atoms with Crippen LogP contribution in [0.15, 0.2) is 72.8 Å². The number of fused-ring (bicyclic) bond motifs is 1. The topological polar surface area (TPSA) is 143 Å². The number of nitrogens with two attached hydrogens (primary N) is 1. The second kappa shape index (κ2) is 16.3. The number of nitrogens with zero attached hydrogens (tertiary/aromatic N) is 2. The maximum Gasteiger partial charge on any atom is 0.410 e. The van der Waals surface area contributed by atoms with Crippen molar-refractivity contribution in [3.05, 3.63) is 83.9 Å².